The summed E-state index contributed by atoms with van der Waals surface area (Å²) in [4.78, 5) is 17.0. The van der Waals surface area contributed by atoms with Crippen LogP contribution in [0.15, 0.2) is 60.7 Å². The zero-order chi connectivity index (χ0) is 18.5. The van der Waals surface area contributed by atoms with Gasteiger partial charge in [-0.05, 0) is 49.9 Å². The summed E-state index contributed by atoms with van der Waals surface area (Å²) < 4.78 is 6.39. The fourth-order valence-corrected chi connectivity index (χ4v) is 4.12. The summed E-state index contributed by atoms with van der Waals surface area (Å²) in [7, 11) is 0. The van der Waals surface area contributed by atoms with Gasteiger partial charge in [0, 0.05) is 37.4 Å². The van der Waals surface area contributed by atoms with E-state index in [1.165, 1.54) is 5.69 Å². The lowest BCUT2D eigenvalue weighted by Crippen LogP contribution is -2.43. The van der Waals surface area contributed by atoms with Gasteiger partial charge in [0.1, 0.15) is 0 Å². The van der Waals surface area contributed by atoms with Gasteiger partial charge in [-0.25, -0.2) is 0 Å². The number of piperidine rings is 2. The van der Waals surface area contributed by atoms with Gasteiger partial charge in [-0.3, -0.25) is 4.79 Å². The first-order chi connectivity index (χ1) is 13.3. The molecule has 0 aliphatic carbocycles. The molecule has 2 aromatic rings. The predicted molar refractivity (Wildman–Crippen MR) is 108 cm³/mol. The quantitative estimate of drug-likeness (QED) is 0.823. The Bertz CT molecular complexity index is 719. The van der Waals surface area contributed by atoms with Crippen molar-refractivity contribution in [1.29, 1.82) is 0 Å². The van der Waals surface area contributed by atoms with E-state index < -0.39 is 0 Å². The van der Waals surface area contributed by atoms with Crippen LogP contribution < -0.4 is 4.90 Å². The summed E-state index contributed by atoms with van der Waals surface area (Å²) in [5, 5.41) is 0. The normalized spacial score (nSPS) is 19.3. The molecule has 0 radical (unpaired) electrons. The maximum Gasteiger partial charge on any atom is 0.253 e. The highest BCUT2D eigenvalue weighted by Crippen LogP contribution is 2.24. The largest absolute Gasteiger partial charge is 0.375 e. The SMILES string of the molecule is O=C(c1ccccc1)N1CCC(OC2CCN(c3ccccc3)CC2)CC1. The summed E-state index contributed by atoms with van der Waals surface area (Å²) >= 11 is 0. The second kappa shape index (κ2) is 8.57. The number of likely N-dealkylation sites (tertiary alicyclic amines) is 1. The average molecular weight is 364 g/mol. The van der Waals surface area contributed by atoms with Crippen molar-refractivity contribution < 1.29 is 9.53 Å². The number of benzene rings is 2. The van der Waals surface area contributed by atoms with E-state index in [2.05, 4.69) is 35.2 Å². The van der Waals surface area contributed by atoms with Gasteiger partial charge in [-0.2, -0.15) is 0 Å². The van der Waals surface area contributed by atoms with Gasteiger partial charge in [-0.1, -0.05) is 36.4 Å². The minimum absolute atomic E-state index is 0.144. The van der Waals surface area contributed by atoms with Gasteiger partial charge in [0.25, 0.3) is 5.91 Å². The van der Waals surface area contributed by atoms with Gasteiger partial charge in [0.05, 0.1) is 12.2 Å². The smallest absolute Gasteiger partial charge is 0.253 e. The first-order valence-electron chi connectivity index (χ1n) is 10.1. The highest BCUT2D eigenvalue weighted by Gasteiger charge is 2.27. The zero-order valence-electron chi connectivity index (χ0n) is 15.8. The Hall–Kier alpha value is -2.33. The van der Waals surface area contributed by atoms with Crippen LogP contribution in [-0.2, 0) is 4.74 Å². The monoisotopic (exact) mass is 364 g/mol. The summed E-state index contributed by atoms with van der Waals surface area (Å²) in [5.74, 6) is 0.144. The van der Waals surface area contributed by atoms with Gasteiger partial charge in [0.15, 0.2) is 0 Å². The molecule has 142 valence electrons. The molecule has 2 saturated heterocycles. The summed E-state index contributed by atoms with van der Waals surface area (Å²) in [6, 6.07) is 20.2. The van der Waals surface area contributed by atoms with Crippen molar-refractivity contribution in [3.05, 3.63) is 66.2 Å². The molecule has 4 rings (SSSR count). The van der Waals surface area contributed by atoms with Crippen LogP contribution in [0.25, 0.3) is 0 Å². The van der Waals surface area contributed by atoms with Crippen molar-refractivity contribution in [2.24, 2.45) is 0 Å². The molecule has 4 nitrogen and oxygen atoms in total. The highest BCUT2D eigenvalue weighted by atomic mass is 16.5. The Morgan fingerprint density at radius 1 is 0.741 bits per heavy atom. The van der Waals surface area contributed by atoms with Crippen LogP contribution in [0.4, 0.5) is 5.69 Å². The van der Waals surface area contributed by atoms with E-state index in [-0.39, 0.29) is 12.0 Å². The topological polar surface area (TPSA) is 32.8 Å². The number of carbonyl (C=O) groups is 1. The number of para-hydroxylation sites is 1. The molecule has 2 fully saturated rings. The molecule has 27 heavy (non-hydrogen) atoms. The van der Waals surface area contributed by atoms with Crippen molar-refractivity contribution in [3.63, 3.8) is 0 Å². The number of hydrogen-bond donors (Lipinski definition) is 0. The first kappa shape index (κ1) is 18.1. The first-order valence-corrected chi connectivity index (χ1v) is 10.1. The molecule has 2 heterocycles. The number of amides is 1. The van der Waals surface area contributed by atoms with Gasteiger partial charge < -0.3 is 14.5 Å². The molecule has 0 bridgehead atoms. The minimum Gasteiger partial charge on any atom is -0.375 e. The van der Waals surface area contributed by atoms with Crippen molar-refractivity contribution in [1.82, 2.24) is 4.90 Å². The van der Waals surface area contributed by atoms with Crippen LogP contribution in [0, 0.1) is 0 Å². The van der Waals surface area contributed by atoms with Crippen molar-refractivity contribution in [2.45, 2.75) is 37.9 Å². The van der Waals surface area contributed by atoms with E-state index in [1.807, 2.05) is 35.2 Å². The minimum atomic E-state index is 0.144. The lowest BCUT2D eigenvalue weighted by molar-refractivity contribution is -0.0477. The Labute approximate surface area is 161 Å². The average Bonchev–Trinajstić information content (AvgIpc) is 2.76. The molecule has 0 spiro atoms. The molecule has 4 heteroatoms. The van der Waals surface area contributed by atoms with E-state index in [9.17, 15) is 4.79 Å². The van der Waals surface area contributed by atoms with Gasteiger partial charge in [0.2, 0.25) is 0 Å². The number of nitrogens with zero attached hydrogens (tertiary/aromatic N) is 2. The number of anilines is 1. The summed E-state index contributed by atoms with van der Waals surface area (Å²) in [5.41, 5.74) is 2.09. The van der Waals surface area contributed by atoms with Crippen LogP contribution in [0.5, 0.6) is 0 Å². The molecule has 2 aliphatic heterocycles. The number of hydrogen-bond acceptors (Lipinski definition) is 3. The molecule has 0 aromatic heterocycles. The van der Waals surface area contributed by atoms with Gasteiger partial charge >= 0.3 is 0 Å². The standard InChI is InChI=1S/C23H28N2O2/c26-23(19-7-3-1-4-8-19)25-17-13-22(14-18-25)27-21-11-15-24(16-12-21)20-9-5-2-6-10-20/h1-10,21-22H,11-18H2. The fourth-order valence-electron chi connectivity index (χ4n) is 4.12. The van der Waals surface area contributed by atoms with Crippen molar-refractivity contribution in [3.8, 4) is 0 Å². The maximum atomic E-state index is 12.5. The van der Waals surface area contributed by atoms with E-state index in [0.717, 1.165) is 57.4 Å². The Kier molecular flexibility index (Phi) is 5.73. The van der Waals surface area contributed by atoms with Crippen LogP contribution in [0.2, 0.25) is 0 Å². The number of carbonyl (C=O) groups excluding carboxylic acids is 1. The maximum absolute atomic E-state index is 12.5. The molecule has 0 N–H and O–H groups in total. The van der Waals surface area contributed by atoms with E-state index in [1.54, 1.807) is 0 Å². The van der Waals surface area contributed by atoms with Crippen LogP contribution in [0.1, 0.15) is 36.0 Å². The highest BCUT2D eigenvalue weighted by molar-refractivity contribution is 5.94. The lowest BCUT2D eigenvalue weighted by atomic mass is 10.0. The Balaban J connectivity index is 1.22. The van der Waals surface area contributed by atoms with E-state index >= 15 is 0 Å². The van der Waals surface area contributed by atoms with E-state index in [4.69, 9.17) is 4.74 Å². The third-order valence-corrected chi connectivity index (χ3v) is 5.70. The van der Waals surface area contributed by atoms with E-state index in [0.29, 0.717) is 6.10 Å². The van der Waals surface area contributed by atoms with Crippen molar-refractivity contribution in [2.75, 3.05) is 31.1 Å². The van der Waals surface area contributed by atoms with Crippen LogP contribution in [-0.4, -0.2) is 49.2 Å². The molecular formula is C23H28N2O2. The lowest BCUT2D eigenvalue weighted by Gasteiger charge is -2.38. The molecule has 0 saturated carbocycles. The molecule has 2 aromatic carbocycles. The van der Waals surface area contributed by atoms with Crippen LogP contribution >= 0.6 is 0 Å². The van der Waals surface area contributed by atoms with Crippen LogP contribution in [0.3, 0.4) is 0 Å². The summed E-state index contributed by atoms with van der Waals surface area (Å²) in [6.45, 7) is 3.70. The molecule has 2 aliphatic rings. The second-order valence-electron chi connectivity index (χ2n) is 7.52. The Morgan fingerprint density at radius 2 is 1.26 bits per heavy atom. The fraction of sp³-hybridized carbons (Fsp3) is 0.435. The molecule has 0 atom stereocenters. The third kappa shape index (κ3) is 4.51. The molecular weight excluding hydrogens is 336 g/mol. The summed E-state index contributed by atoms with van der Waals surface area (Å²) in [6.07, 6.45) is 4.69. The second-order valence-corrected chi connectivity index (χ2v) is 7.52. The number of rotatable bonds is 4. The third-order valence-electron chi connectivity index (χ3n) is 5.70. The van der Waals surface area contributed by atoms with Crippen molar-refractivity contribution >= 4 is 11.6 Å². The van der Waals surface area contributed by atoms with Gasteiger partial charge in [-0.15, -0.1) is 0 Å². The number of ether oxygens (including phenoxy) is 1. The molecule has 0 unspecified atom stereocenters. The predicted octanol–water partition coefficient (Wildman–Crippen LogP) is 3.98. The Morgan fingerprint density at radius 3 is 1.85 bits per heavy atom. The zero-order valence-corrected chi connectivity index (χ0v) is 15.8. The molecule has 1 amide bonds.